The van der Waals surface area contributed by atoms with E-state index in [0.29, 0.717) is 11.5 Å². The third-order valence-electron chi connectivity index (χ3n) is 1.77. The van der Waals surface area contributed by atoms with E-state index in [2.05, 4.69) is 13.2 Å². The molecule has 0 unspecified atom stereocenters. The summed E-state index contributed by atoms with van der Waals surface area (Å²) < 4.78 is 10.6. The summed E-state index contributed by atoms with van der Waals surface area (Å²) in [5.41, 5.74) is 0. The van der Waals surface area contributed by atoms with Gasteiger partial charge in [-0.25, -0.2) is 0 Å². The normalized spacial score (nSPS) is 26.0. The summed E-state index contributed by atoms with van der Waals surface area (Å²) >= 11 is 0. The molecule has 0 bridgehead atoms. The molecule has 0 atom stereocenters. The Balaban J connectivity index is 1.98. The Labute approximate surface area is 72.9 Å². The van der Waals surface area contributed by atoms with Crippen LogP contribution < -0.4 is 0 Å². The first-order valence-electron chi connectivity index (χ1n) is 3.70. The van der Waals surface area contributed by atoms with Crippen LogP contribution in [0, 0.1) is 31.6 Å². The van der Waals surface area contributed by atoms with Crippen molar-refractivity contribution >= 4 is 0 Å². The third kappa shape index (κ3) is 1.22. The first-order chi connectivity index (χ1) is 5.77. The summed E-state index contributed by atoms with van der Waals surface area (Å²) in [7, 11) is 0. The molecule has 1 heterocycles. The standard InChI is InChI=1S/C10H9O2/c1-7-8(2)12-10(11-7)9-5-3-4-6-9/h3-6,10H,1-2H2. The van der Waals surface area contributed by atoms with Crippen molar-refractivity contribution < 1.29 is 9.47 Å². The fourth-order valence-electron chi connectivity index (χ4n) is 1.10. The van der Waals surface area contributed by atoms with Crippen LogP contribution in [0.15, 0.2) is 24.7 Å². The maximum absolute atomic E-state index is 5.30. The van der Waals surface area contributed by atoms with Crippen molar-refractivity contribution in [3.63, 3.8) is 0 Å². The Morgan fingerprint density at radius 3 is 2.00 bits per heavy atom. The van der Waals surface area contributed by atoms with Crippen LogP contribution >= 0.6 is 0 Å². The van der Waals surface area contributed by atoms with Crippen molar-refractivity contribution in [1.82, 2.24) is 0 Å². The fourth-order valence-corrected chi connectivity index (χ4v) is 1.10. The van der Waals surface area contributed by atoms with Gasteiger partial charge in [0, 0.05) is 0 Å². The minimum absolute atomic E-state index is 0.347. The topological polar surface area (TPSA) is 18.5 Å². The monoisotopic (exact) mass is 161 g/mol. The SMILES string of the molecule is C=C1OC([C]2[CH][CH][CH][CH]2)OC1=C. The van der Waals surface area contributed by atoms with Gasteiger partial charge in [-0.3, -0.25) is 0 Å². The van der Waals surface area contributed by atoms with Crippen LogP contribution in [0.5, 0.6) is 0 Å². The number of ether oxygens (including phenoxy) is 2. The molecular formula is C10H9O2. The van der Waals surface area contributed by atoms with E-state index in [1.165, 1.54) is 0 Å². The highest BCUT2D eigenvalue weighted by atomic mass is 16.7. The van der Waals surface area contributed by atoms with Gasteiger partial charge < -0.3 is 9.47 Å². The average Bonchev–Trinajstić information content (AvgIpc) is 2.61. The van der Waals surface area contributed by atoms with Gasteiger partial charge in [0.25, 0.3) is 0 Å². The second-order valence-electron chi connectivity index (χ2n) is 2.63. The molecule has 0 aromatic heterocycles. The highest BCUT2D eigenvalue weighted by Gasteiger charge is 2.35. The van der Waals surface area contributed by atoms with Gasteiger partial charge in [0.15, 0.2) is 11.5 Å². The van der Waals surface area contributed by atoms with E-state index < -0.39 is 0 Å². The summed E-state index contributed by atoms with van der Waals surface area (Å²) in [6, 6.07) is 0. The van der Waals surface area contributed by atoms with Crippen molar-refractivity contribution in [1.29, 1.82) is 0 Å². The zero-order valence-electron chi connectivity index (χ0n) is 6.62. The smallest absolute Gasteiger partial charge is 0.248 e. The van der Waals surface area contributed by atoms with Crippen LogP contribution in [-0.4, -0.2) is 6.29 Å². The average molecular weight is 161 g/mol. The van der Waals surface area contributed by atoms with Gasteiger partial charge in [-0.1, -0.05) is 13.2 Å². The zero-order chi connectivity index (χ0) is 8.55. The molecule has 2 heteroatoms. The van der Waals surface area contributed by atoms with Gasteiger partial charge in [-0.05, 0) is 25.7 Å². The van der Waals surface area contributed by atoms with Gasteiger partial charge in [0.05, 0.1) is 5.92 Å². The molecule has 0 spiro atoms. The Morgan fingerprint density at radius 1 is 1.00 bits per heavy atom. The van der Waals surface area contributed by atoms with Crippen molar-refractivity contribution in [2.24, 2.45) is 0 Å². The van der Waals surface area contributed by atoms with E-state index in [4.69, 9.17) is 9.47 Å². The molecule has 5 radical (unpaired) electrons. The number of hydrogen-bond acceptors (Lipinski definition) is 2. The minimum atomic E-state index is -0.347. The van der Waals surface area contributed by atoms with Crippen molar-refractivity contribution in [3.8, 4) is 0 Å². The van der Waals surface area contributed by atoms with E-state index in [9.17, 15) is 0 Å². The molecule has 0 N–H and O–H groups in total. The lowest BCUT2D eigenvalue weighted by molar-refractivity contribution is 0.00275. The highest BCUT2D eigenvalue weighted by Crippen LogP contribution is 2.35. The first kappa shape index (κ1) is 7.71. The fraction of sp³-hybridized carbons (Fsp3) is 0.100. The Hall–Kier alpha value is -0.920. The molecule has 0 amide bonds. The van der Waals surface area contributed by atoms with Crippen molar-refractivity contribution in [2.75, 3.05) is 0 Å². The quantitative estimate of drug-likeness (QED) is 0.583. The van der Waals surface area contributed by atoms with E-state index in [-0.39, 0.29) is 6.29 Å². The van der Waals surface area contributed by atoms with Crippen molar-refractivity contribution in [3.05, 3.63) is 56.3 Å². The van der Waals surface area contributed by atoms with Gasteiger partial charge in [0.1, 0.15) is 0 Å². The Bertz CT molecular complexity index is 198. The van der Waals surface area contributed by atoms with Gasteiger partial charge in [0.2, 0.25) is 6.29 Å². The molecule has 1 saturated heterocycles. The lowest BCUT2D eigenvalue weighted by atomic mass is 10.1. The summed E-state index contributed by atoms with van der Waals surface area (Å²) in [6.07, 6.45) is 7.41. The van der Waals surface area contributed by atoms with Crippen LogP contribution in [-0.2, 0) is 9.47 Å². The predicted octanol–water partition coefficient (Wildman–Crippen LogP) is 1.79. The number of rotatable bonds is 1. The first-order valence-corrected chi connectivity index (χ1v) is 3.70. The summed E-state index contributed by atoms with van der Waals surface area (Å²) in [6.45, 7) is 7.30. The maximum Gasteiger partial charge on any atom is 0.248 e. The van der Waals surface area contributed by atoms with Crippen molar-refractivity contribution in [2.45, 2.75) is 6.29 Å². The lowest BCUT2D eigenvalue weighted by Gasteiger charge is -2.14. The van der Waals surface area contributed by atoms with Gasteiger partial charge in [-0.15, -0.1) is 0 Å². The largest absolute Gasteiger partial charge is 0.451 e. The number of hydrogen-bond donors (Lipinski definition) is 0. The van der Waals surface area contributed by atoms with Crippen LogP contribution in [0.2, 0.25) is 0 Å². The molecule has 0 aromatic carbocycles. The third-order valence-corrected chi connectivity index (χ3v) is 1.77. The molecular weight excluding hydrogens is 152 g/mol. The molecule has 2 aliphatic rings. The molecule has 2 nitrogen and oxygen atoms in total. The van der Waals surface area contributed by atoms with E-state index in [1.807, 2.05) is 25.7 Å². The van der Waals surface area contributed by atoms with E-state index in [1.54, 1.807) is 0 Å². The van der Waals surface area contributed by atoms with Gasteiger partial charge >= 0.3 is 0 Å². The maximum atomic E-state index is 5.30. The highest BCUT2D eigenvalue weighted by molar-refractivity contribution is 5.38. The summed E-state index contributed by atoms with van der Waals surface area (Å²) in [4.78, 5) is 0. The Morgan fingerprint density at radius 2 is 1.50 bits per heavy atom. The molecule has 1 aliphatic carbocycles. The van der Waals surface area contributed by atoms with Crippen LogP contribution in [0.4, 0.5) is 0 Å². The molecule has 1 aliphatic heterocycles. The van der Waals surface area contributed by atoms with Gasteiger partial charge in [-0.2, -0.15) is 0 Å². The van der Waals surface area contributed by atoms with Crippen LogP contribution in [0.1, 0.15) is 0 Å². The molecule has 0 aromatic rings. The van der Waals surface area contributed by atoms with Crippen LogP contribution in [0.25, 0.3) is 0 Å². The molecule has 2 rings (SSSR count). The second kappa shape index (κ2) is 2.85. The summed E-state index contributed by atoms with van der Waals surface area (Å²) in [5, 5.41) is 0. The predicted molar refractivity (Wildman–Crippen MR) is 44.7 cm³/mol. The summed E-state index contributed by atoms with van der Waals surface area (Å²) in [5.74, 6) is 2.03. The second-order valence-corrected chi connectivity index (χ2v) is 2.63. The molecule has 2 fully saturated rings. The molecule has 61 valence electrons. The zero-order valence-corrected chi connectivity index (χ0v) is 6.62. The molecule has 1 saturated carbocycles. The van der Waals surface area contributed by atoms with E-state index in [0.717, 1.165) is 5.92 Å². The van der Waals surface area contributed by atoms with E-state index >= 15 is 0 Å². The Kier molecular flexibility index (Phi) is 1.83. The lowest BCUT2D eigenvalue weighted by Crippen LogP contribution is -2.16. The van der Waals surface area contributed by atoms with Crippen LogP contribution in [0.3, 0.4) is 0 Å². The minimum Gasteiger partial charge on any atom is -0.451 e. The molecule has 12 heavy (non-hydrogen) atoms.